The first kappa shape index (κ1) is 114. The number of aromatic amines is 1. The molecule has 8 bridgehead atoms. The van der Waals surface area contributed by atoms with Crippen molar-refractivity contribution in [2.24, 2.45) is 35.3 Å². The van der Waals surface area contributed by atoms with Gasteiger partial charge in [-0.25, -0.2) is 24.2 Å². The summed E-state index contributed by atoms with van der Waals surface area (Å²) in [6.45, 7) is 20.3. The third-order valence-corrected chi connectivity index (χ3v) is 24.4. The van der Waals surface area contributed by atoms with Crippen LogP contribution in [0.5, 0.6) is 23.0 Å². The molecule has 2 aliphatic rings. The Morgan fingerprint density at radius 1 is 0.507 bits per heavy atom. The van der Waals surface area contributed by atoms with Crippen LogP contribution in [0.25, 0.3) is 44.5 Å². The van der Waals surface area contributed by atoms with Crippen molar-refractivity contribution in [2.45, 2.75) is 235 Å². The van der Waals surface area contributed by atoms with Gasteiger partial charge in [-0.1, -0.05) is 169 Å². The number of ketones is 6. The number of hydrogen-bond acceptors (Lipinski definition) is 23. The van der Waals surface area contributed by atoms with Gasteiger partial charge >= 0.3 is 24.4 Å². The molecule has 0 saturated carbocycles. The van der Waals surface area contributed by atoms with Crippen molar-refractivity contribution < 1.29 is 106 Å². The number of carboxylic acids is 1. The largest absolute Gasteiger partial charge is 0.514 e. The quantitative estimate of drug-likeness (QED) is 0.00657. The lowest BCUT2D eigenvalue weighted by Crippen LogP contribution is -2.46. The van der Waals surface area contributed by atoms with Crippen LogP contribution in [0.2, 0.25) is 10.0 Å². The predicted octanol–water partition coefficient (Wildman–Crippen LogP) is 20.1. The summed E-state index contributed by atoms with van der Waals surface area (Å²) in [6.07, 6.45) is 1.76. The number of nitrogens with one attached hydrogen (secondary N) is 4. The summed E-state index contributed by atoms with van der Waals surface area (Å²) in [5.74, 6) is -11.2. The number of benzene rings is 8. The summed E-state index contributed by atoms with van der Waals surface area (Å²) in [4.78, 5) is 203. The Kier molecular flexibility index (Phi) is 40.9. The van der Waals surface area contributed by atoms with E-state index in [-0.39, 0.29) is 147 Å². The maximum atomic E-state index is 15.2. The molecule has 30 nitrogen and oxygen atoms in total. The van der Waals surface area contributed by atoms with Gasteiger partial charge in [0, 0.05) is 150 Å². The highest BCUT2D eigenvalue weighted by molar-refractivity contribution is 6.31. The lowest BCUT2D eigenvalue weighted by atomic mass is 9.87. The smallest absolute Gasteiger partial charge is 0.507 e. The fraction of sp³-hybridized carbons (Fsp3) is 0.409. The summed E-state index contributed by atoms with van der Waals surface area (Å²) in [5, 5.41) is 41.9. The number of H-pyrrole nitrogens is 1. The molecule has 32 heteroatoms. The number of unbranched alkanes of at least 4 members (excludes halogenated alkanes) is 2. The predicted molar refractivity (Wildman–Crippen MR) is 542 cm³/mol. The number of rotatable bonds is 31. The number of aromatic nitrogens is 2. The highest BCUT2D eigenvalue weighted by atomic mass is 35.5. The number of Topliss-reactive ketones (excluding diaryl/α,β-unsaturated/α-hetero) is 6. The van der Waals surface area contributed by atoms with Crippen LogP contribution in [0.3, 0.4) is 0 Å². The van der Waals surface area contributed by atoms with E-state index in [2.05, 4.69) is 25.9 Å². The van der Waals surface area contributed by atoms with Crippen molar-refractivity contribution in [3.63, 3.8) is 0 Å². The Labute approximate surface area is 839 Å². The summed E-state index contributed by atoms with van der Waals surface area (Å²) >= 11 is 12.2. The number of ether oxygens (including phenoxy) is 5. The fourth-order valence-corrected chi connectivity index (χ4v) is 16.8. The lowest BCUT2D eigenvalue weighted by Gasteiger charge is -2.32. The fourth-order valence-electron chi connectivity index (χ4n) is 16.6. The van der Waals surface area contributed by atoms with Gasteiger partial charge in [-0.2, -0.15) is 0 Å². The molecule has 142 heavy (non-hydrogen) atoms. The topological polar surface area (TPSA) is 443 Å². The van der Waals surface area contributed by atoms with Crippen molar-refractivity contribution >= 4 is 106 Å². The monoisotopic (exact) mass is 1990 g/mol. The molecule has 0 unspecified atom stereocenters. The zero-order valence-corrected chi connectivity index (χ0v) is 82.8. The van der Waals surface area contributed by atoms with E-state index in [1.165, 1.54) is 97.8 Å². The first-order valence-corrected chi connectivity index (χ1v) is 47.5. The second kappa shape index (κ2) is 51.1. The summed E-state index contributed by atoms with van der Waals surface area (Å²) in [7, 11) is 2.89. The van der Waals surface area contributed by atoms with Gasteiger partial charge in [0.1, 0.15) is 63.7 Å². The van der Waals surface area contributed by atoms with Gasteiger partial charge in [0.15, 0.2) is 28.9 Å². The Hall–Kier alpha value is -13.7. The van der Waals surface area contributed by atoms with Crippen LogP contribution in [-0.2, 0) is 76.6 Å². The highest BCUT2D eigenvalue weighted by Crippen LogP contribution is 2.44. The highest BCUT2D eigenvalue weighted by Gasteiger charge is 2.41. The van der Waals surface area contributed by atoms with Gasteiger partial charge in [0.25, 0.3) is 0 Å². The molecule has 2 aliphatic heterocycles. The zero-order chi connectivity index (χ0) is 102. The Bertz CT molecular complexity index is 5990. The molecule has 758 valence electrons. The Morgan fingerprint density at radius 2 is 0.908 bits per heavy atom. The van der Waals surface area contributed by atoms with Crippen molar-refractivity contribution in [3.05, 3.63) is 232 Å². The number of hydrogen-bond donors (Lipinski definition) is 8. The molecular formula is C110H132Cl2N8O22. The summed E-state index contributed by atoms with van der Waals surface area (Å²) in [5.41, 5.74) is 10.1. The van der Waals surface area contributed by atoms with E-state index >= 15 is 4.79 Å². The van der Waals surface area contributed by atoms with Crippen LogP contribution >= 0.6 is 23.2 Å². The number of aliphatic carboxylic acids is 1. The minimum Gasteiger partial charge on any atom is -0.507 e. The summed E-state index contributed by atoms with van der Waals surface area (Å²) in [6, 6.07) is 41.0. The van der Waals surface area contributed by atoms with Gasteiger partial charge in [-0.15, -0.1) is 0 Å². The number of fused-ring (bicyclic) bond motifs is 10. The van der Waals surface area contributed by atoms with Crippen molar-refractivity contribution in [1.29, 1.82) is 0 Å². The minimum absolute atomic E-state index is 0. The molecular weight excluding hydrogens is 1860 g/mol. The lowest BCUT2D eigenvalue weighted by molar-refractivity contribution is -0.144. The number of aryl methyl sites for hydroxylation is 1. The van der Waals surface area contributed by atoms with E-state index in [4.69, 9.17) is 52.6 Å². The third kappa shape index (κ3) is 32.7. The van der Waals surface area contributed by atoms with E-state index < -0.39 is 137 Å². The van der Waals surface area contributed by atoms with Crippen LogP contribution in [0.1, 0.15) is 236 Å². The van der Waals surface area contributed by atoms with Crippen LogP contribution in [0, 0.1) is 29.6 Å². The second-order valence-corrected chi connectivity index (χ2v) is 39.6. The molecule has 0 fully saturated rings. The molecule has 0 saturated heterocycles. The van der Waals surface area contributed by atoms with E-state index in [0.29, 0.717) is 82.9 Å². The molecule has 9 N–H and O–H groups in total. The number of halogens is 2. The van der Waals surface area contributed by atoms with E-state index in [9.17, 15) is 77.6 Å². The molecule has 5 amide bonds. The number of phenolic OH excluding ortho intramolecular Hbond substituents is 2. The van der Waals surface area contributed by atoms with Crippen LogP contribution in [0.15, 0.2) is 182 Å². The number of alkyl carbamates (subject to hydrolysis) is 1. The average Bonchev–Trinajstić information content (AvgIpc) is 1.02. The normalized spacial score (nSPS) is 16.7. The first-order chi connectivity index (χ1) is 66.1. The van der Waals surface area contributed by atoms with E-state index in [0.717, 1.165) is 27.9 Å². The maximum absolute atomic E-state index is 15.2. The maximum Gasteiger partial charge on any atom is 0.514 e. The van der Waals surface area contributed by atoms with Gasteiger partial charge < -0.3 is 75.5 Å². The number of nitrogens with zero attached hydrogens (tertiary/aromatic N) is 3. The van der Waals surface area contributed by atoms with Crippen molar-refractivity contribution in [2.75, 3.05) is 27.2 Å². The van der Waals surface area contributed by atoms with E-state index in [1.807, 2.05) is 36.4 Å². The SMILES string of the molecule is C.C.C[C@@H]1CC(=O)[C@@H](N(C)C(=O)[C@H](CCCCNC(=O)OC(C)(C)C)CC(=O)c2ccc(-c3ccc(Cl)cc3)cc2)c2ccc(OC(=O)OC(C)(C)C)c(c2)-c2cc(ccc2OC(=O)OC(C)(C)C)C[C@@H](C(=O)O)NC1=O.C[C@H](CC(=O)[C@@H]1Cc2ccc(O)c(c2)-c2cc(ccc2O)[C@H](N(C)C(=O)[C@H](CCCCN)CC(=O)c2ccc(-c3ccc(Cl)cc3)cc2)C(=O)C[C@@H](C)C(=O)N1)C(=O)CCc1cnc[nH]1. The van der Waals surface area contributed by atoms with Crippen LogP contribution in [0.4, 0.5) is 14.4 Å². The van der Waals surface area contributed by atoms with Gasteiger partial charge in [-0.3, -0.25) is 47.9 Å². The van der Waals surface area contributed by atoms with Crippen molar-refractivity contribution in [1.82, 2.24) is 35.7 Å². The van der Waals surface area contributed by atoms with E-state index in [1.54, 1.807) is 155 Å². The third-order valence-electron chi connectivity index (χ3n) is 23.9. The van der Waals surface area contributed by atoms with Crippen LogP contribution < -0.4 is 31.2 Å². The molecule has 1 aromatic heterocycles. The number of imidazole rings is 1. The average molecular weight is 1990 g/mol. The molecule has 8 aromatic carbocycles. The number of carbonyl (C=O) groups excluding carboxylic acids is 13. The first-order valence-electron chi connectivity index (χ1n) is 46.7. The minimum atomic E-state index is -1.49. The van der Waals surface area contributed by atoms with Gasteiger partial charge in [0.2, 0.25) is 23.6 Å². The molecule has 0 aliphatic carbocycles. The Balaban J connectivity index is 0.000000346. The number of carboxylic acid groups (broad SMARTS) is 1. The molecule has 9 aromatic rings. The number of carbonyl (C=O) groups is 14. The van der Waals surface area contributed by atoms with Gasteiger partial charge in [-0.05, 0) is 225 Å². The van der Waals surface area contributed by atoms with Gasteiger partial charge in [0.05, 0.1) is 12.4 Å². The number of amides is 5. The Morgan fingerprint density at radius 3 is 1.36 bits per heavy atom. The molecule has 0 spiro atoms. The zero-order valence-electron chi connectivity index (χ0n) is 81.3. The standard InChI is InChI=1S/C57H68ClN3O14.C51H56ClN5O8.2CH4/c1-33-28-45(63)48(61(11)50(65)39(14-12-13-27-59-52(68)73-55(2,3)4)32-44(62)37-18-16-35(17-19-37)36-20-23-40(58)24-21-36)38-22-26-47(72-54(70)75-57(8,9)10)42(31-38)41-29-34(30-43(51(66)67)60-49(33)64)15-25-46(41)71-53(69)74-56(5,6)7;1-30(43(58)20-17-39-28-54-29-55-39)22-47(62)42-25-32-7-18-44(59)40(24-32)41-26-36(14-19-45(41)60)49(48(63)23-31(2)50(64)56-42)57(3)51(65)37(6-4-5-21-53)27-46(61)35-10-8-33(9-11-35)34-12-15-38(52)16-13-34;;/h15-26,29,31,33,39,43,48H,12-14,27-28,30,32H2,1-11H3,(H,59,68)(H,60,64)(H,66,67);7-16,18-19,24,26,28-31,37,42,49,59-60H,4-6,17,20-23,25,27,53H2,1-3H3,(H,54,55)(H,56,64);2*1H4/t33-,39-,43+,48+;30-,31-,37-,42+,49+;;/m11../s1. The van der Waals surface area contributed by atoms with Crippen LogP contribution in [-0.4, -0.2) is 174 Å². The second-order valence-electron chi connectivity index (χ2n) is 38.7. The molecule has 9 atom stereocenters. The molecule has 0 radical (unpaired) electrons. The molecule has 3 heterocycles. The number of likely N-dealkylation sites (N-methyl/N-ethyl adjacent to an activating group) is 2. The molecule has 11 rings (SSSR count). The number of phenols is 2. The number of nitrogens with two attached hydrogens (primary N) is 1. The number of aromatic hydroxyl groups is 2. The summed E-state index contributed by atoms with van der Waals surface area (Å²) < 4.78 is 27.9. The van der Waals surface area contributed by atoms with Crippen molar-refractivity contribution in [3.8, 4) is 67.5 Å².